The van der Waals surface area contributed by atoms with Crippen molar-refractivity contribution in [2.75, 3.05) is 14.2 Å². The number of aromatic amines is 1. The Kier molecular flexibility index (Phi) is 5.50. The van der Waals surface area contributed by atoms with E-state index in [-0.39, 0.29) is 21.8 Å². The number of H-pyrrole nitrogens is 1. The third-order valence-electron chi connectivity index (χ3n) is 4.00. The second kappa shape index (κ2) is 8.01. The number of nitro groups is 1. The molecule has 0 unspecified atom stereocenters. The van der Waals surface area contributed by atoms with Crippen LogP contribution in [0.15, 0.2) is 41.5 Å². The summed E-state index contributed by atoms with van der Waals surface area (Å²) in [5, 5.41) is 22.6. The Balaban J connectivity index is 2.08. The number of rotatable bonds is 6. The van der Waals surface area contributed by atoms with Crippen molar-refractivity contribution < 1.29 is 14.4 Å². The number of methoxy groups -OCH3 is 2. The molecule has 0 spiro atoms. The summed E-state index contributed by atoms with van der Waals surface area (Å²) in [5.74, 6) is 1.10. The molecule has 28 heavy (non-hydrogen) atoms. The van der Waals surface area contributed by atoms with Gasteiger partial charge in [-0.15, -0.1) is 0 Å². The number of aromatic nitrogens is 3. The van der Waals surface area contributed by atoms with Crippen LogP contribution in [0.4, 0.5) is 5.69 Å². The monoisotopic (exact) mass is 399 g/mol. The maximum absolute atomic E-state index is 11.4. The van der Waals surface area contributed by atoms with Crippen molar-refractivity contribution >= 4 is 24.1 Å². The van der Waals surface area contributed by atoms with Gasteiger partial charge in [0.05, 0.1) is 37.0 Å². The van der Waals surface area contributed by atoms with E-state index in [4.69, 9.17) is 21.7 Å². The van der Waals surface area contributed by atoms with Gasteiger partial charge in [-0.3, -0.25) is 10.1 Å². The zero-order valence-electron chi connectivity index (χ0n) is 15.4. The first-order valence-corrected chi connectivity index (χ1v) is 8.54. The minimum absolute atomic E-state index is 0.173. The van der Waals surface area contributed by atoms with Gasteiger partial charge in [0.2, 0.25) is 4.77 Å². The third-order valence-corrected chi connectivity index (χ3v) is 4.27. The van der Waals surface area contributed by atoms with Gasteiger partial charge in [-0.1, -0.05) is 29.8 Å². The van der Waals surface area contributed by atoms with Crippen molar-refractivity contribution in [1.29, 1.82) is 0 Å². The zero-order valence-corrected chi connectivity index (χ0v) is 16.2. The van der Waals surface area contributed by atoms with E-state index in [0.29, 0.717) is 11.6 Å². The Hall–Kier alpha value is -3.53. The standard InChI is InChI=1S/C18H17N5O4S/c1-11-4-6-12(7-5-11)17-20-21-18(28)22(17)19-10-13-8-15(26-2)16(27-3)9-14(13)23(24)25/h4-10H,1-3H3,(H,21,28)/b19-10-. The summed E-state index contributed by atoms with van der Waals surface area (Å²) >= 11 is 5.24. The molecular weight excluding hydrogens is 382 g/mol. The van der Waals surface area contributed by atoms with E-state index < -0.39 is 4.92 Å². The summed E-state index contributed by atoms with van der Waals surface area (Å²) in [4.78, 5) is 10.9. The van der Waals surface area contributed by atoms with Crippen molar-refractivity contribution in [2.45, 2.75) is 6.92 Å². The van der Waals surface area contributed by atoms with Crippen LogP contribution in [0.5, 0.6) is 11.5 Å². The molecule has 10 heteroatoms. The summed E-state index contributed by atoms with van der Waals surface area (Å²) in [6.45, 7) is 1.98. The highest BCUT2D eigenvalue weighted by molar-refractivity contribution is 7.71. The first-order chi connectivity index (χ1) is 13.4. The van der Waals surface area contributed by atoms with E-state index in [1.165, 1.54) is 37.2 Å². The predicted octanol–water partition coefficient (Wildman–Crippen LogP) is 3.72. The largest absolute Gasteiger partial charge is 0.493 e. The van der Waals surface area contributed by atoms with Crippen LogP contribution >= 0.6 is 12.2 Å². The van der Waals surface area contributed by atoms with Gasteiger partial charge in [-0.2, -0.15) is 14.9 Å². The molecule has 1 aromatic heterocycles. The molecule has 3 aromatic rings. The number of nitro benzene ring substituents is 1. The Morgan fingerprint density at radius 3 is 2.46 bits per heavy atom. The van der Waals surface area contributed by atoms with Crippen molar-refractivity contribution in [3.8, 4) is 22.9 Å². The number of nitrogens with zero attached hydrogens (tertiary/aromatic N) is 4. The molecule has 0 amide bonds. The molecule has 0 aliphatic rings. The van der Waals surface area contributed by atoms with E-state index in [9.17, 15) is 10.1 Å². The molecule has 0 fully saturated rings. The fraction of sp³-hybridized carbons (Fsp3) is 0.167. The lowest BCUT2D eigenvalue weighted by Gasteiger charge is -2.08. The van der Waals surface area contributed by atoms with E-state index >= 15 is 0 Å². The highest BCUT2D eigenvalue weighted by Gasteiger charge is 2.18. The zero-order chi connectivity index (χ0) is 20.3. The van der Waals surface area contributed by atoms with E-state index in [2.05, 4.69) is 15.3 Å². The summed E-state index contributed by atoms with van der Waals surface area (Å²) in [5.41, 5.74) is 1.97. The van der Waals surface area contributed by atoms with Crippen LogP contribution in [0.3, 0.4) is 0 Å². The highest BCUT2D eigenvalue weighted by Crippen LogP contribution is 2.33. The molecule has 0 aliphatic heterocycles. The molecule has 9 nitrogen and oxygen atoms in total. The Morgan fingerprint density at radius 1 is 1.21 bits per heavy atom. The maximum atomic E-state index is 11.4. The topological polar surface area (TPSA) is 108 Å². The van der Waals surface area contributed by atoms with Crippen molar-refractivity contribution in [2.24, 2.45) is 5.10 Å². The van der Waals surface area contributed by atoms with Crippen molar-refractivity contribution in [3.05, 3.63) is 62.4 Å². The Bertz CT molecular complexity index is 1100. The van der Waals surface area contributed by atoms with Crippen LogP contribution in [0.2, 0.25) is 0 Å². The van der Waals surface area contributed by atoms with Gasteiger partial charge in [0.25, 0.3) is 5.69 Å². The molecule has 1 N–H and O–H groups in total. The second-order valence-corrected chi connectivity index (χ2v) is 6.18. The SMILES string of the molecule is COc1cc(/C=N\n2c(-c3ccc(C)cc3)n[nH]c2=S)c([N+](=O)[O-])cc1OC. The van der Waals surface area contributed by atoms with Crippen LogP contribution in [0.25, 0.3) is 11.4 Å². The first kappa shape index (κ1) is 19.2. The van der Waals surface area contributed by atoms with E-state index in [1.807, 2.05) is 31.2 Å². The summed E-state index contributed by atoms with van der Waals surface area (Å²) in [6, 6.07) is 10.4. The second-order valence-electron chi connectivity index (χ2n) is 5.80. The quantitative estimate of drug-likeness (QED) is 0.293. The van der Waals surface area contributed by atoms with Crippen LogP contribution in [-0.2, 0) is 0 Å². The molecule has 0 saturated heterocycles. The van der Waals surface area contributed by atoms with Crippen LogP contribution in [0.1, 0.15) is 11.1 Å². The summed E-state index contributed by atoms with van der Waals surface area (Å²) < 4.78 is 12.0. The molecule has 0 saturated carbocycles. The van der Waals surface area contributed by atoms with Crippen molar-refractivity contribution in [1.82, 2.24) is 14.9 Å². The Morgan fingerprint density at radius 2 is 1.86 bits per heavy atom. The molecule has 144 valence electrons. The molecule has 0 bridgehead atoms. The third kappa shape index (κ3) is 3.76. The van der Waals surface area contributed by atoms with Gasteiger partial charge in [-0.05, 0) is 25.2 Å². The fourth-order valence-corrected chi connectivity index (χ4v) is 2.73. The van der Waals surface area contributed by atoms with Crippen molar-refractivity contribution in [3.63, 3.8) is 0 Å². The number of hydrogen-bond donors (Lipinski definition) is 1. The number of hydrogen-bond acceptors (Lipinski definition) is 7. The minimum Gasteiger partial charge on any atom is -0.493 e. The molecule has 1 heterocycles. The molecule has 0 aliphatic carbocycles. The lowest BCUT2D eigenvalue weighted by Crippen LogP contribution is -2.00. The number of benzene rings is 2. The smallest absolute Gasteiger partial charge is 0.282 e. The average molecular weight is 399 g/mol. The number of ether oxygens (including phenoxy) is 2. The van der Waals surface area contributed by atoms with Gasteiger partial charge >= 0.3 is 0 Å². The normalized spacial score (nSPS) is 11.0. The lowest BCUT2D eigenvalue weighted by atomic mass is 10.1. The average Bonchev–Trinajstić information content (AvgIpc) is 3.06. The van der Waals surface area contributed by atoms with Crippen LogP contribution in [0, 0.1) is 21.8 Å². The van der Waals surface area contributed by atoms with E-state index in [0.717, 1.165) is 11.1 Å². The number of aryl methyl sites for hydroxylation is 1. The first-order valence-electron chi connectivity index (χ1n) is 8.13. The van der Waals surface area contributed by atoms with Gasteiger partial charge in [0.15, 0.2) is 17.3 Å². The van der Waals surface area contributed by atoms with Crippen LogP contribution < -0.4 is 9.47 Å². The predicted molar refractivity (Wildman–Crippen MR) is 107 cm³/mol. The van der Waals surface area contributed by atoms with Gasteiger partial charge in [0.1, 0.15) is 0 Å². The molecule has 0 atom stereocenters. The number of nitrogens with one attached hydrogen (secondary N) is 1. The Labute approximate surface area is 165 Å². The lowest BCUT2D eigenvalue weighted by molar-refractivity contribution is -0.385. The van der Waals surface area contributed by atoms with Crippen LogP contribution in [-0.4, -0.2) is 40.2 Å². The molecule has 2 aromatic carbocycles. The minimum atomic E-state index is -0.515. The highest BCUT2D eigenvalue weighted by atomic mass is 32.1. The summed E-state index contributed by atoms with van der Waals surface area (Å²) in [6.07, 6.45) is 1.34. The fourth-order valence-electron chi connectivity index (χ4n) is 2.55. The molecule has 0 radical (unpaired) electrons. The van der Waals surface area contributed by atoms with Gasteiger partial charge in [-0.25, -0.2) is 5.10 Å². The molecular formula is C18H17N5O4S. The maximum Gasteiger partial charge on any atom is 0.282 e. The van der Waals surface area contributed by atoms with E-state index in [1.54, 1.807) is 0 Å². The van der Waals surface area contributed by atoms with Gasteiger partial charge < -0.3 is 9.47 Å². The van der Waals surface area contributed by atoms with Gasteiger partial charge in [0, 0.05) is 5.56 Å². The molecule has 3 rings (SSSR count). The summed E-state index contributed by atoms with van der Waals surface area (Å²) in [7, 11) is 2.86.